The molecule has 3 rings (SSSR count). The monoisotopic (exact) mass is 289 g/mol. The third kappa shape index (κ3) is 3.98. The van der Waals surface area contributed by atoms with Gasteiger partial charge >= 0.3 is 0 Å². The smallest absolute Gasteiger partial charge is 0.119 e. The Labute approximate surface area is 128 Å². The van der Waals surface area contributed by atoms with E-state index in [-0.39, 0.29) is 0 Å². The summed E-state index contributed by atoms with van der Waals surface area (Å²) in [7, 11) is 0. The van der Waals surface area contributed by atoms with Crippen molar-refractivity contribution in [3.8, 4) is 5.75 Å². The fourth-order valence-electron chi connectivity index (χ4n) is 3.58. The minimum absolute atomic E-state index is 0.353. The fraction of sp³-hybridized carbons (Fsp3) is 0.667. The zero-order valence-corrected chi connectivity index (χ0v) is 13.3. The molecule has 1 aliphatic heterocycles. The van der Waals surface area contributed by atoms with Crippen molar-refractivity contribution in [3.63, 3.8) is 0 Å². The van der Waals surface area contributed by atoms with Gasteiger partial charge in [-0.15, -0.1) is 0 Å². The molecule has 0 radical (unpaired) electrons. The number of morpholine rings is 1. The zero-order chi connectivity index (χ0) is 14.7. The number of hydrogen-bond donors (Lipinski definition) is 0. The highest BCUT2D eigenvalue weighted by molar-refractivity contribution is 5.38. The van der Waals surface area contributed by atoms with Crippen LogP contribution in [-0.2, 0) is 17.6 Å². The van der Waals surface area contributed by atoms with Gasteiger partial charge in [0.05, 0.1) is 18.8 Å². The normalized spacial score (nSPS) is 25.8. The summed E-state index contributed by atoms with van der Waals surface area (Å²) in [6.07, 6.45) is 5.54. The molecule has 1 heterocycles. The van der Waals surface area contributed by atoms with E-state index in [1.165, 1.54) is 30.4 Å². The molecule has 116 valence electrons. The number of rotatable bonds is 5. The summed E-state index contributed by atoms with van der Waals surface area (Å²) < 4.78 is 11.7. The van der Waals surface area contributed by atoms with Gasteiger partial charge in [0, 0.05) is 19.6 Å². The first-order chi connectivity index (χ1) is 10.2. The molecule has 0 aromatic heterocycles. The summed E-state index contributed by atoms with van der Waals surface area (Å²) in [5.41, 5.74) is 3.00. The van der Waals surface area contributed by atoms with Gasteiger partial charge in [0.1, 0.15) is 5.75 Å². The highest BCUT2D eigenvalue weighted by Crippen LogP contribution is 2.26. The largest absolute Gasteiger partial charge is 0.494 e. The van der Waals surface area contributed by atoms with Gasteiger partial charge in [0.25, 0.3) is 0 Å². The Kier molecular flexibility index (Phi) is 4.81. The molecule has 0 N–H and O–H groups in total. The zero-order valence-electron chi connectivity index (χ0n) is 13.3. The number of benzene rings is 1. The lowest BCUT2D eigenvalue weighted by Crippen LogP contribution is -2.45. The van der Waals surface area contributed by atoms with E-state index in [2.05, 4.69) is 36.9 Å². The highest BCUT2D eigenvalue weighted by Gasteiger charge is 2.21. The van der Waals surface area contributed by atoms with Crippen LogP contribution in [0.25, 0.3) is 0 Å². The summed E-state index contributed by atoms with van der Waals surface area (Å²) in [6.45, 7) is 8.31. The molecule has 0 spiro atoms. The Morgan fingerprint density at radius 1 is 1.14 bits per heavy atom. The van der Waals surface area contributed by atoms with Crippen molar-refractivity contribution in [2.45, 2.75) is 51.7 Å². The minimum Gasteiger partial charge on any atom is -0.494 e. The average Bonchev–Trinajstić information content (AvgIpc) is 2.90. The molecule has 1 fully saturated rings. The Morgan fingerprint density at radius 3 is 2.71 bits per heavy atom. The molecule has 1 saturated heterocycles. The summed E-state index contributed by atoms with van der Waals surface area (Å²) in [6, 6.07) is 6.60. The number of aryl methyl sites for hydroxylation is 2. The standard InChI is InChI=1S/C18H27NO2/c1-14-12-19(13-15(2)21-14)9-4-10-20-18-8-7-16-5-3-6-17(16)11-18/h7-8,11,14-15H,3-6,9-10,12-13H2,1-2H3/t14-,15-/m0/s1. The second-order valence-electron chi connectivity index (χ2n) is 6.50. The van der Waals surface area contributed by atoms with Gasteiger partial charge in [0.15, 0.2) is 0 Å². The Balaban J connectivity index is 1.40. The van der Waals surface area contributed by atoms with Crippen molar-refractivity contribution >= 4 is 0 Å². The molecule has 3 nitrogen and oxygen atoms in total. The quantitative estimate of drug-likeness (QED) is 0.778. The van der Waals surface area contributed by atoms with Gasteiger partial charge in [-0.1, -0.05) is 6.07 Å². The Morgan fingerprint density at radius 2 is 1.90 bits per heavy atom. The predicted molar refractivity (Wildman–Crippen MR) is 85.0 cm³/mol. The number of ether oxygens (including phenoxy) is 2. The molecular formula is C18H27NO2. The van der Waals surface area contributed by atoms with Crippen molar-refractivity contribution in [3.05, 3.63) is 29.3 Å². The maximum absolute atomic E-state index is 5.92. The molecule has 21 heavy (non-hydrogen) atoms. The molecular weight excluding hydrogens is 262 g/mol. The van der Waals surface area contributed by atoms with E-state index < -0.39 is 0 Å². The third-order valence-corrected chi connectivity index (χ3v) is 4.45. The van der Waals surface area contributed by atoms with Crippen molar-refractivity contribution in [1.82, 2.24) is 4.90 Å². The number of nitrogens with zero attached hydrogens (tertiary/aromatic N) is 1. The summed E-state index contributed by atoms with van der Waals surface area (Å²) >= 11 is 0. The van der Waals surface area contributed by atoms with Crippen LogP contribution in [-0.4, -0.2) is 43.3 Å². The van der Waals surface area contributed by atoms with Gasteiger partial charge in [-0.25, -0.2) is 0 Å². The van der Waals surface area contributed by atoms with E-state index in [1.807, 2.05) is 0 Å². The molecule has 1 aromatic rings. The molecule has 2 atom stereocenters. The van der Waals surface area contributed by atoms with Crippen LogP contribution < -0.4 is 4.74 Å². The van der Waals surface area contributed by atoms with Crippen LogP contribution in [0.5, 0.6) is 5.75 Å². The molecule has 0 bridgehead atoms. The summed E-state index contributed by atoms with van der Waals surface area (Å²) in [4.78, 5) is 2.49. The molecule has 0 amide bonds. The average molecular weight is 289 g/mol. The number of hydrogen-bond acceptors (Lipinski definition) is 3. The molecule has 3 heteroatoms. The van der Waals surface area contributed by atoms with E-state index in [0.717, 1.165) is 38.4 Å². The lowest BCUT2D eigenvalue weighted by Gasteiger charge is -2.35. The van der Waals surface area contributed by atoms with Crippen molar-refractivity contribution < 1.29 is 9.47 Å². The first-order valence-corrected chi connectivity index (χ1v) is 8.33. The van der Waals surface area contributed by atoms with Gasteiger partial charge in [0.2, 0.25) is 0 Å². The molecule has 0 unspecified atom stereocenters. The minimum atomic E-state index is 0.353. The van der Waals surface area contributed by atoms with E-state index in [4.69, 9.17) is 9.47 Å². The van der Waals surface area contributed by atoms with Crippen LogP contribution in [0.15, 0.2) is 18.2 Å². The van der Waals surface area contributed by atoms with E-state index in [9.17, 15) is 0 Å². The second-order valence-corrected chi connectivity index (χ2v) is 6.50. The predicted octanol–water partition coefficient (Wildman–Crippen LogP) is 3.05. The van der Waals surface area contributed by atoms with Crippen LogP contribution in [0.3, 0.4) is 0 Å². The Hall–Kier alpha value is -1.06. The molecule has 1 aromatic carbocycles. The van der Waals surface area contributed by atoms with Gasteiger partial charge < -0.3 is 9.47 Å². The van der Waals surface area contributed by atoms with Gasteiger partial charge in [-0.2, -0.15) is 0 Å². The van der Waals surface area contributed by atoms with Gasteiger partial charge in [-0.05, 0) is 62.8 Å². The van der Waals surface area contributed by atoms with E-state index in [1.54, 1.807) is 0 Å². The highest BCUT2D eigenvalue weighted by atomic mass is 16.5. The first-order valence-electron chi connectivity index (χ1n) is 8.33. The van der Waals surface area contributed by atoms with E-state index in [0.29, 0.717) is 12.2 Å². The molecule has 0 saturated carbocycles. The van der Waals surface area contributed by atoms with Crippen molar-refractivity contribution in [1.29, 1.82) is 0 Å². The summed E-state index contributed by atoms with van der Waals surface area (Å²) in [5, 5.41) is 0. The van der Waals surface area contributed by atoms with Crippen LogP contribution in [0, 0.1) is 0 Å². The molecule has 2 aliphatic rings. The van der Waals surface area contributed by atoms with Crippen LogP contribution in [0.2, 0.25) is 0 Å². The lowest BCUT2D eigenvalue weighted by atomic mass is 10.1. The topological polar surface area (TPSA) is 21.7 Å². The second kappa shape index (κ2) is 6.80. The van der Waals surface area contributed by atoms with Crippen LogP contribution in [0.1, 0.15) is 37.8 Å². The fourth-order valence-corrected chi connectivity index (χ4v) is 3.58. The van der Waals surface area contributed by atoms with Crippen molar-refractivity contribution in [2.24, 2.45) is 0 Å². The van der Waals surface area contributed by atoms with Gasteiger partial charge in [-0.3, -0.25) is 4.90 Å². The first kappa shape index (κ1) is 14.9. The SMILES string of the molecule is C[C@H]1CN(CCCOc2ccc3c(c2)CCC3)C[C@H](C)O1. The van der Waals surface area contributed by atoms with Crippen LogP contribution >= 0.6 is 0 Å². The number of fused-ring (bicyclic) bond motifs is 1. The van der Waals surface area contributed by atoms with Crippen molar-refractivity contribution in [2.75, 3.05) is 26.2 Å². The maximum atomic E-state index is 5.92. The maximum Gasteiger partial charge on any atom is 0.119 e. The van der Waals surface area contributed by atoms with Crippen LogP contribution in [0.4, 0.5) is 0 Å². The van der Waals surface area contributed by atoms with E-state index >= 15 is 0 Å². The summed E-state index contributed by atoms with van der Waals surface area (Å²) in [5.74, 6) is 1.04. The lowest BCUT2D eigenvalue weighted by molar-refractivity contribution is -0.0686. The third-order valence-electron chi connectivity index (χ3n) is 4.45. The Bertz CT molecular complexity index is 464. The molecule has 1 aliphatic carbocycles.